The lowest BCUT2D eigenvalue weighted by molar-refractivity contribution is -0.120. The zero-order valence-corrected chi connectivity index (χ0v) is 13.1. The second kappa shape index (κ2) is 4.92. The number of rotatable bonds is 3. The number of para-hydroxylation sites is 1. The number of aromatic nitrogens is 1. The number of anilines is 1. The van der Waals surface area contributed by atoms with Crippen LogP contribution in [0.3, 0.4) is 0 Å². The lowest BCUT2D eigenvalue weighted by atomic mass is 9.95. The molecule has 1 heterocycles. The summed E-state index contributed by atoms with van der Waals surface area (Å²) in [4.78, 5) is 19.3. The van der Waals surface area contributed by atoms with E-state index >= 15 is 0 Å². The normalized spacial score (nSPS) is 15.7. The first kappa shape index (κ1) is 13.5. The van der Waals surface area contributed by atoms with Crippen molar-refractivity contribution in [2.75, 3.05) is 11.9 Å². The molecule has 0 N–H and O–H groups in total. The highest BCUT2D eigenvalue weighted by Crippen LogP contribution is 2.50. The van der Waals surface area contributed by atoms with Crippen molar-refractivity contribution in [2.24, 2.45) is 0 Å². The van der Waals surface area contributed by atoms with Crippen LogP contribution in [0.1, 0.15) is 18.4 Å². The molecule has 0 radical (unpaired) electrons. The molecule has 1 aliphatic carbocycles. The van der Waals surface area contributed by atoms with E-state index in [0.717, 1.165) is 33.8 Å². The molecule has 1 aromatic heterocycles. The van der Waals surface area contributed by atoms with Gasteiger partial charge in [-0.05, 0) is 30.5 Å². The summed E-state index contributed by atoms with van der Waals surface area (Å²) >= 11 is 1.57. The van der Waals surface area contributed by atoms with Gasteiger partial charge in [-0.25, -0.2) is 4.98 Å². The first-order valence-corrected chi connectivity index (χ1v) is 8.22. The monoisotopic (exact) mass is 308 g/mol. The summed E-state index contributed by atoms with van der Waals surface area (Å²) in [6.07, 6.45) is 1.84. The summed E-state index contributed by atoms with van der Waals surface area (Å²) in [7, 11) is 1.84. The van der Waals surface area contributed by atoms with Gasteiger partial charge in [0.05, 0.1) is 15.6 Å². The molecule has 0 aliphatic heterocycles. The topological polar surface area (TPSA) is 33.2 Å². The molecule has 22 heavy (non-hydrogen) atoms. The number of hydrogen-bond acceptors (Lipinski definition) is 3. The highest BCUT2D eigenvalue weighted by atomic mass is 32.1. The Hall–Kier alpha value is -2.20. The number of hydrogen-bond donors (Lipinski definition) is 0. The van der Waals surface area contributed by atoms with E-state index in [4.69, 9.17) is 0 Å². The van der Waals surface area contributed by atoms with Gasteiger partial charge in [-0.1, -0.05) is 53.8 Å². The number of carbonyl (C=O) groups is 1. The predicted octanol–water partition coefficient (Wildman–Crippen LogP) is 3.99. The molecule has 2 aromatic carbocycles. The van der Waals surface area contributed by atoms with E-state index in [-0.39, 0.29) is 11.3 Å². The number of thiazole rings is 1. The van der Waals surface area contributed by atoms with Crippen molar-refractivity contribution in [2.45, 2.75) is 18.3 Å². The lowest BCUT2D eigenvalue weighted by Crippen LogP contribution is -2.36. The maximum absolute atomic E-state index is 13.0. The second-order valence-corrected chi connectivity index (χ2v) is 6.79. The van der Waals surface area contributed by atoms with E-state index < -0.39 is 0 Å². The van der Waals surface area contributed by atoms with E-state index in [1.54, 1.807) is 16.2 Å². The van der Waals surface area contributed by atoms with Crippen molar-refractivity contribution in [1.29, 1.82) is 0 Å². The van der Waals surface area contributed by atoms with Gasteiger partial charge in [-0.15, -0.1) is 0 Å². The Kier molecular flexibility index (Phi) is 3.01. The Morgan fingerprint density at radius 1 is 1.09 bits per heavy atom. The van der Waals surface area contributed by atoms with E-state index in [1.807, 2.05) is 49.5 Å². The molecular formula is C18H16N2OS. The zero-order valence-electron chi connectivity index (χ0n) is 12.3. The Labute approximate surface area is 133 Å². The Morgan fingerprint density at radius 2 is 1.77 bits per heavy atom. The van der Waals surface area contributed by atoms with Gasteiger partial charge in [0.15, 0.2) is 5.13 Å². The van der Waals surface area contributed by atoms with Gasteiger partial charge in [0.1, 0.15) is 0 Å². The van der Waals surface area contributed by atoms with Crippen molar-refractivity contribution in [1.82, 2.24) is 4.98 Å². The van der Waals surface area contributed by atoms with Crippen molar-refractivity contribution < 1.29 is 4.79 Å². The highest BCUT2D eigenvalue weighted by Gasteiger charge is 2.52. The standard InChI is InChI=1S/C18H16N2OS/c1-20(17-19-14-9-5-6-10-15(14)22-17)16(21)18(11-12-18)13-7-3-2-4-8-13/h2-10H,11-12H2,1H3. The lowest BCUT2D eigenvalue weighted by Gasteiger charge is -2.21. The van der Waals surface area contributed by atoms with E-state index in [0.29, 0.717) is 0 Å². The average Bonchev–Trinajstić information content (AvgIpc) is 3.27. The van der Waals surface area contributed by atoms with Crippen molar-refractivity contribution in [3.63, 3.8) is 0 Å². The van der Waals surface area contributed by atoms with Crippen molar-refractivity contribution in [3.05, 3.63) is 60.2 Å². The maximum atomic E-state index is 13.0. The third kappa shape index (κ3) is 2.03. The van der Waals surface area contributed by atoms with Crippen LogP contribution in [0.4, 0.5) is 5.13 Å². The molecular weight excluding hydrogens is 292 g/mol. The van der Waals surface area contributed by atoms with Crippen LogP contribution in [0.5, 0.6) is 0 Å². The van der Waals surface area contributed by atoms with Gasteiger partial charge in [0, 0.05) is 7.05 Å². The predicted molar refractivity (Wildman–Crippen MR) is 90.4 cm³/mol. The summed E-state index contributed by atoms with van der Waals surface area (Å²) in [5, 5.41) is 0.772. The van der Waals surface area contributed by atoms with Crippen LogP contribution in [0.2, 0.25) is 0 Å². The summed E-state index contributed by atoms with van der Waals surface area (Å²) < 4.78 is 1.11. The van der Waals surface area contributed by atoms with Crippen molar-refractivity contribution in [3.8, 4) is 0 Å². The molecule has 0 spiro atoms. The zero-order chi connectivity index (χ0) is 15.2. The van der Waals surface area contributed by atoms with Crippen LogP contribution >= 0.6 is 11.3 Å². The molecule has 4 heteroatoms. The second-order valence-electron chi connectivity index (χ2n) is 5.78. The number of fused-ring (bicyclic) bond motifs is 1. The summed E-state index contributed by atoms with van der Waals surface area (Å²) in [5.41, 5.74) is 1.73. The number of amides is 1. The highest BCUT2D eigenvalue weighted by molar-refractivity contribution is 7.22. The third-order valence-electron chi connectivity index (χ3n) is 4.36. The number of benzene rings is 2. The molecule has 1 fully saturated rings. The maximum Gasteiger partial charge on any atom is 0.239 e. The minimum atomic E-state index is -0.339. The first-order chi connectivity index (χ1) is 10.7. The Morgan fingerprint density at radius 3 is 2.45 bits per heavy atom. The fraction of sp³-hybridized carbons (Fsp3) is 0.222. The van der Waals surface area contributed by atoms with Crippen LogP contribution in [0.25, 0.3) is 10.2 Å². The van der Waals surface area contributed by atoms with E-state index in [1.165, 1.54) is 0 Å². The smallest absolute Gasteiger partial charge is 0.239 e. The van der Waals surface area contributed by atoms with Crippen molar-refractivity contribution >= 4 is 32.6 Å². The van der Waals surface area contributed by atoms with Gasteiger partial charge >= 0.3 is 0 Å². The minimum Gasteiger partial charge on any atom is -0.290 e. The molecule has 0 saturated heterocycles. The van der Waals surface area contributed by atoms with Gasteiger partial charge in [-0.3, -0.25) is 9.69 Å². The fourth-order valence-electron chi connectivity index (χ4n) is 2.92. The number of carbonyl (C=O) groups excluding carboxylic acids is 1. The van der Waals surface area contributed by atoms with Crippen LogP contribution in [0, 0.1) is 0 Å². The third-order valence-corrected chi connectivity index (χ3v) is 5.47. The van der Waals surface area contributed by atoms with E-state index in [2.05, 4.69) is 17.1 Å². The van der Waals surface area contributed by atoms with E-state index in [9.17, 15) is 4.79 Å². The van der Waals surface area contributed by atoms with Crippen LogP contribution in [-0.4, -0.2) is 17.9 Å². The Balaban J connectivity index is 1.68. The molecule has 1 saturated carbocycles. The molecule has 3 nitrogen and oxygen atoms in total. The van der Waals surface area contributed by atoms with Crippen LogP contribution < -0.4 is 4.90 Å². The van der Waals surface area contributed by atoms with Gasteiger partial charge in [0.25, 0.3) is 0 Å². The van der Waals surface area contributed by atoms with Crippen LogP contribution in [-0.2, 0) is 10.2 Å². The number of likely N-dealkylation sites (N-methyl/N-ethyl adjacent to an activating group) is 1. The molecule has 0 unspecified atom stereocenters. The molecule has 1 amide bonds. The van der Waals surface area contributed by atoms with Gasteiger partial charge in [-0.2, -0.15) is 0 Å². The van der Waals surface area contributed by atoms with Crippen LogP contribution in [0.15, 0.2) is 54.6 Å². The summed E-state index contributed by atoms with van der Waals surface area (Å²) in [6.45, 7) is 0. The largest absolute Gasteiger partial charge is 0.290 e. The Bertz CT molecular complexity index is 803. The SMILES string of the molecule is CN(C(=O)C1(c2ccccc2)CC1)c1nc2ccccc2s1. The number of nitrogens with zero attached hydrogens (tertiary/aromatic N) is 2. The molecule has 110 valence electrons. The quantitative estimate of drug-likeness (QED) is 0.733. The molecule has 1 aliphatic rings. The minimum absolute atomic E-state index is 0.151. The molecule has 3 aromatic rings. The summed E-state index contributed by atoms with van der Waals surface area (Å²) in [5.74, 6) is 0.151. The van der Waals surface area contributed by atoms with Gasteiger partial charge < -0.3 is 0 Å². The first-order valence-electron chi connectivity index (χ1n) is 7.40. The molecule has 0 bridgehead atoms. The van der Waals surface area contributed by atoms with Gasteiger partial charge in [0.2, 0.25) is 5.91 Å². The molecule has 0 atom stereocenters. The summed E-state index contributed by atoms with van der Waals surface area (Å²) in [6, 6.07) is 18.1. The molecule has 4 rings (SSSR count). The fourth-order valence-corrected chi connectivity index (χ4v) is 3.85. The average molecular weight is 308 g/mol.